The Morgan fingerprint density at radius 1 is 1.53 bits per heavy atom. The molecule has 4 heteroatoms. The van der Waals surface area contributed by atoms with Gasteiger partial charge in [-0.25, -0.2) is 0 Å². The van der Waals surface area contributed by atoms with Crippen LogP contribution in [0.5, 0.6) is 0 Å². The number of hydrogen-bond donors (Lipinski definition) is 1. The second-order valence-corrected chi connectivity index (χ2v) is 5.22. The first-order valence-corrected chi connectivity index (χ1v) is 5.55. The fourth-order valence-corrected chi connectivity index (χ4v) is 2.05. The molecule has 0 radical (unpaired) electrons. The third-order valence-electron chi connectivity index (χ3n) is 2.74. The molecule has 88 valence electrons. The third-order valence-corrected chi connectivity index (χ3v) is 2.74. The fourth-order valence-electron chi connectivity index (χ4n) is 2.05. The molecule has 1 fully saturated rings. The molecule has 0 aromatic heterocycles. The summed E-state index contributed by atoms with van der Waals surface area (Å²) in [5.41, 5.74) is -0.413. The average Bonchev–Trinajstić information content (AvgIpc) is 2.08. The maximum Gasteiger partial charge on any atom is 0.242 e. The van der Waals surface area contributed by atoms with Crippen LogP contribution in [0.2, 0.25) is 0 Å². The summed E-state index contributed by atoms with van der Waals surface area (Å²) in [5, 5.41) is 3.32. The first kappa shape index (κ1) is 12.5. The Labute approximate surface area is 92.6 Å². The van der Waals surface area contributed by atoms with Crippen LogP contribution in [-0.2, 0) is 4.79 Å². The maximum absolute atomic E-state index is 12.1. The van der Waals surface area contributed by atoms with E-state index in [4.69, 9.17) is 0 Å². The van der Waals surface area contributed by atoms with Crippen molar-refractivity contribution >= 4 is 5.91 Å². The molecule has 1 atom stereocenters. The molecule has 1 rings (SSSR count). The molecule has 1 heterocycles. The smallest absolute Gasteiger partial charge is 0.242 e. The van der Waals surface area contributed by atoms with E-state index in [0.29, 0.717) is 6.04 Å². The van der Waals surface area contributed by atoms with Crippen LogP contribution in [-0.4, -0.2) is 61.0 Å². The lowest BCUT2D eigenvalue weighted by molar-refractivity contribution is -0.141. The van der Waals surface area contributed by atoms with Crippen molar-refractivity contribution in [2.75, 3.05) is 33.7 Å². The normalized spacial score (nSPS) is 26.1. The van der Waals surface area contributed by atoms with E-state index < -0.39 is 5.54 Å². The predicted octanol–water partition coefficient (Wildman–Crippen LogP) is 0.147. The van der Waals surface area contributed by atoms with Gasteiger partial charge in [-0.1, -0.05) is 0 Å². The SMILES string of the molecule is CC1CN(CCN(C)C)C(=O)C(C)(C)N1. The minimum absolute atomic E-state index is 0.211. The van der Waals surface area contributed by atoms with Crippen LogP contribution in [0.4, 0.5) is 0 Å². The number of nitrogens with zero attached hydrogens (tertiary/aromatic N) is 2. The average molecular weight is 213 g/mol. The molecule has 0 aliphatic carbocycles. The van der Waals surface area contributed by atoms with E-state index in [-0.39, 0.29) is 5.91 Å². The molecule has 1 unspecified atom stereocenters. The van der Waals surface area contributed by atoms with Crippen molar-refractivity contribution in [3.63, 3.8) is 0 Å². The van der Waals surface area contributed by atoms with Crippen LogP contribution >= 0.6 is 0 Å². The van der Waals surface area contributed by atoms with Gasteiger partial charge in [0.25, 0.3) is 0 Å². The van der Waals surface area contributed by atoms with Crippen molar-refractivity contribution in [3.05, 3.63) is 0 Å². The van der Waals surface area contributed by atoms with Gasteiger partial charge in [-0.15, -0.1) is 0 Å². The maximum atomic E-state index is 12.1. The number of nitrogens with one attached hydrogen (secondary N) is 1. The van der Waals surface area contributed by atoms with Gasteiger partial charge in [-0.2, -0.15) is 0 Å². The van der Waals surface area contributed by atoms with Gasteiger partial charge in [0.15, 0.2) is 0 Å². The lowest BCUT2D eigenvalue weighted by Crippen LogP contribution is -2.65. The topological polar surface area (TPSA) is 35.6 Å². The largest absolute Gasteiger partial charge is 0.338 e. The van der Waals surface area contributed by atoms with Crippen LogP contribution in [0.3, 0.4) is 0 Å². The number of piperazine rings is 1. The predicted molar refractivity (Wildman–Crippen MR) is 61.8 cm³/mol. The Morgan fingerprint density at radius 3 is 2.67 bits per heavy atom. The molecule has 0 aromatic rings. The highest BCUT2D eigenvalue weighted by molar-refractivity contribution is 5.86. The van der Waals surface area contributed by atoms with Crippen LogP contribution in [0.25, 0.3) is 0 Å². The lowest BCUT2D eigenvalue weighted by atomic mass is 9.98. The summed E-state index contributed by atoms with van der Waals surface area (Å²) in [7, 11) is 4.06. The van der Waals surface area contributed by atoms with Crippen LogP contribution in [0, 0.1) is 0 Å². The van der Waals surface area contributed by atoms with E-state index in [9.17, 15) is 4.79 Å². The number of amides is 1. The Bertz CT molecular complexity index is 238. The van der Waals surface area contributed by atoms with Gasteiger partial charge in [0.1, 0.15) is 0 Å². The van der Waals surface area contributed by atoms with E-state index in [0.717, 1.165) is 19.6 Å². The summed E-state index contributed by atoms with van der Waals surface area (Å²) in [6, 6.07) is 0.375. The zero-order valence-electron chi connectivity index (χ0n) is 10.5. The highest BCUT2D eigenvalue weighted by atomic mass is 16.2. The van der Waals surface area contributed by atoms with Crippen LogP contribution < -0.4 is 5.32 Å². The summed E-state index contributed by atoms with van der Waals surface area (Å²) >= 11 is 0. The minimum Gasteiger partial charge on any atom is -0.338 e. The summed E-state index contributed by atoms with van der Waals surface area (Å²) in [6.07, 6.45) is 0. The highest BCUT2D eigenvalue weighted by Crippen LogP contribution is 2.15. The fraction of sp³-hybridized carbons (Fsp3) is 0.909. The first-order valence-electron chi connectivity index (χ1n) is 5.55. The summed E-state index contributed by atoms with van der Waals surface area (Å²) in [5.74, 6) is 0.211. The Hall–Kier alpha value is -0.610. The molecule has 15 heavy (non-hydrogen) atoms. The molecule has 1 N–H and O–H groups in total. The van der Waals surface area contributed by atoms with Crippen LogP contribution in [0.1, 0.15) is 20.8 Å². The van der Waals surface area contributed by atoms with E-state index in [1.54, 1.807) is 0 Å². The zero-order chi connectivity index (χ0) is 11.6. The number of likely N-dealkylation sites (N-methyl/N-ethyl adjacent to an activating group) is 1. The second-order valence-electron chi connectivity index (χ2n) is 5.22. The van der Waals surface area contributed by atoms with Gasteiger partial charge >= 0.3 is 0 Å². The number of rotatable bonds is 3. The van der Waals surface area contributed by atoms with Crippen molar-refractivity contribution in [2.24, 2.45) is 0 Å². The van der Waals surface area contributed by atoms with Gasteiger partial charge in [0, 0.05) is 25.7 Å². The first-order chi connectivity index (χ1) is 6.83. The Balaban J connectivity index is 2.59. The molecule has 4 nitrogen and oxygen atoms in total. The zero-order valence-corrected chi connectivity index (χ0v) is 10.5. The molecule has 0 bridgehead atoms. The van der Waals surface area contributed by atoms with Crippen LogP contribution in [0.15, 0.2) is 0 Å². The number of carbonyl (C=O) groups excluding carboxylic acids is 1. The van der Waals surface area contributed by atoms with E-state index >= 15 is 0 Å². The van der Waals surface area contributed by atoms with Gasteiger partial charge < -0.3 is 9.80 Å². The van der Waals surface area contributed by atoms with Gasteiger partial charge in [-0.05, 0) is 34.9 Å². The second kappa shape index (κ2) is 4.49. The van der Waals surface area contributed by atoms with E-state index in [2.05, 4.69) is 17.1 Å². The molecule has 0 aromatic carbocycles. The van der Waals surface area contributed by atoms with Crippen molar-refractivity contribution in [1.82, 2.24) is 15.1 Å². The van der Waals surface area contributed by atoms with Gasteiger partial charge in [0.2, 0.25) is 5.91 Å². The Kier molecular flexibility index (Phi) is 3.73. The number of hydrogen-bond acceptors (Lipinski definition) is 3. The monoisotopic (exact) mass is 213 g/mol. The number of carbonyl (C=O) groups is 1. The molecule has 1 aliphatic rings. The van der Waals surface area contributed by atoms with Gasteiger partial charge in [0.05, 0.1) is 5.54 Å². The molecule has 1 saturated heterocycles. The lowest BCUT2D eigenvalue weighted by Gasteiger charge is -2.42. The van der Waals surface area contributed by atoms with E-state index in [1.807, 2.05) is 32.8 Å². The summed E-state index contributed by atoms with van der Waals surface area (Å²) in [6.45, 7) is 8.59. The molecule has 0 spiro atoms. The minimum atomic E-state index is -0.413. The molecular formula is C11H23N3O. The molecule has 1 amide bonds. The Morgan fingerprint density at radius 2 is 2.13 bits per heavy atom. The highest BCUT2D eigenvalue weighted by Gasteiger charge is 2.37. The van der Waals surface area contributed by atoms with Crippen molar-refractivity contribution in [1.29, 1.82) is 0 Å². The van der Waals surface area contributed by atoms with Gasteiger partial charge in [-0.3, -0.25) is 10.1 Å². The standard InChI is InChI=1S/C11H23N3O/c1-9-8-14(7-6-13(4)5)10(15)11(2,3)12-9/h9,12H,6-8H2,1-5H3. The molecule has 0 saturated carbocycles. The van der Waals surface area contributed by atoms with Crippen molar-refractivity contribution in [3.8, 4) is 0 Å². The summed E-state index contributed by atoms with van der Waals surface area (Å²) < 4.78 is 0. The third kappa shape index (κ3) is 3.18. The molecule has 1 aliphatic heterocycles. The summed E-state index contributed by atoms with van der Waals surface area (Å²) in [4.78, 5) is 16.1. The quantitative estimate of drug-likeness (QED) is 0.725. The molecular weight excluding hydrogens is 190 g/mol. The van der Waals surface area contributed by atoms with Crippen molar-refractivity contribution < 1.29 is 4.79 Å². The van der Waals surface area contributed by atoms with Crippen molar-refractivity contribution in [2.45, 2.75) is 32.4 Å². The van der Waals surface area contributed by atoms with E-state index in [1.165, 1.54) is 0 Å².